The summed E-state index contributed by atoms with van der Waals surface area (Å²) in [6.07, 6.45) is 0.438. The first-order valence-corrected chi connectivity index (χ1v) is 10.6. The van der Waals surface area contributed by atoms with E-state index in [0.717, 1.165) is 17.3 Å². The van der Waals surface area contributed by atoms with Gasteiger partial charge in [0.25, 0.3) is 5.56 Å². The van der Waals surface area contributed by atoms with E-state index in [9.17, 15) is 14.0 Å². The predicted octanol–water partition coefficient (Wildman–Crippen LogP) is 3.78. The Morgan fingerprint density at radius 2 is 1.87 bits per heavy atom. The number of carbonyl (C=O) groups is 1. The molecule has 1 unspecified atom stereocenters. The third kappa shape index (κ3) is 5.59. The number of para-hydroxylation sites is 1. The minimum absolute atomic E-state index is 0.111. The molecule has 8 heteroatoms. The standard InChI is InChI=1S/C23H24FN3O3S/c1-15(21(28)25-19-12-8-7-11-18(19)24)31-23-26-20(14-30-3)17(22(29)27(23)2)13-16-9-5-4-6-10-16/h4-12,15H,13-14H2,1-3H3,(H,25,28). The number of methoxy groups -OCH3 is 1. The number of aromatic nitrogens is 2. The van der Waals surface area contributed by atoms with Crippen LogP contribution in [0.25, 0.3) is 0 Å². The van der Waals surface area contributed by atoms with E-state index in [1.165, 1.54) is 16.7 Å². The van der Waals surface area contributed by atoms with E-state index in [1.807, 2.05) is 30.3 Å². The molecule has 1 N–H and O–H groups in total. The van der Waals surface area contributed by atoms with E-state index < -0.39 is 11.1 Å². The van der Waals surface area contributed by atoms with Crippen molar-refractivity contribution in [2.45, 2.75) is 30.4 Å². The highest BCUT2D eigenvalue weighted by Crippen LogP contribution is 2.24. The first kappa shape index (κ1) is 22.7. The highest BCUT2D eigenvalue weighted by molar-refractivity contribution is 8.00. The average molecular weight is 442 g/mol. The van der Waals surface area contributed by atoms with Crippen LogP contribution in [0.2, 0.25) is 0 Å². The maximum atomic E-state index is 13.8. The number of anilines is 1. The van der Waals surface area contributed by atoms with Crippen molar-refractivity contribution in [2.24, 2.45) is 7.05 Å². The van der Waals surface area contributed by atoms with Crippen LogP contribution in [0, 0.1) is 5.82 Å². The highest BCUT2D eigenvalue weighted by atomic mass is 32.2. The highest BCUT2D eigenvalue weighted by Gasteiger charge is 2.21. The summed E-state index contributed by atoms with van der Waals surface area (Å²) in [5.74, 6) is -0.891. The average Bonchev–Trinajstić information content (AvgIpc) is 2.77. The Hall–Kier alpha value is -2.97. The molecule has 0 spiro atoms. The van der Waals surface area contributed by atoms with Crippen LogP contribution in [0.5, 0.6) is 0 Å². The number of halogens is 1. The zero-order valence-electron chi connectivity index (χ0n) is 17.6. The maximum Gasteiger partial charge on any atom is 0.257 e. The Balaban J connectivity index is 1.84. The van der Waals surface area contributed by atoms with Gasteiger partial charge in [0.1, 0.15) is 5.82 Å². The number of rotatable bonds is 8. The van der Waals surface area contributed by atoms with Crippen molar-refractivity contribution >= 4 is 23.4 Å². The van der Waals surface area contributed by atoms with Crippen LogP contribution in [0.4, 0.5) is 10.1 Å². The fraction of sp³-hybridized carbons (Fsp3) is 0.261. The molecular formula is C23H24FN3O3S. The minimum atomic E-state index is -0.604. The third-order valence-electron chi connectivity index (χ3n) is 4.72. The van der Waals surface area contributed by atoms with Crippen molar-refractivity contribution in [3.8, 4) is 0 Å². The molecule has 2 aromatic carbocycles. The summed E-state index contributed by atoms with van der Waals surface area (Å²) in [4.78, 5) is 30.2. The van der Waals surface area contributed by atoms with Crippen LogP contribution >= 0.6 is 11.8 Å². The zero-order valence-corrected chi connectivity index (χ0v) is 18.4. The summed E-state index contributed by atoms with van der Waals surface area (Å²) < 4.78 is 20.5. The number of amides is 1. The number of ether oxygens (including phenoxy) is 1. The van der Waals surface area contributed by atoms with Crippen molar-refractivity contribution in [2.75, 3.05) is 12.4 Å². The first-order valence-electron chi connectivity index (χ1n) is 9.74. The summed E-state index contributed by atoms with van der Waals surface area (Å²) in [7, 11) is 3.17. The van der Waals surface area contributed by atoms with Crippen molar-refractivity contribution < 1.29 is 13.9 Å². The SMILES string of the molecule is COCc1nc(SC(C)C(=O)Nc2ccccc2F)n(C)c(=O)c1Cc1ccccc1. The molecule has 3 rings (SSSR count). The molecule has 0 aliphatic carbocycles. The monoisotopic (exact) mass is 441 g/mol. The Labute approximate surface area is 184 Å². The molecule has 0 aliphatic rings. The van der Waals surface area contributed by atoms with E-state index in [4.69, 9.17) is 4.74 Å². The van der Waals surface area contributed by atoms with E-state index in [0.29, 0.717) is 22.8 Å². The normalized spacial score (nSPS) is 11.9. The molecule has 0 aliphatic heterocycles. The largest absolute Gasteiger partial charge is 0.378 e. The van der Waals surface area contributed by atoms with Gasteiger partial charge in [-0.1, -0.05) is 54.2 Å². The predicted molar refractivity (Wildman–Crippen MR) is 120 cm³/mol. The first-order chi connectivity index (χ1) is 14.9. The van der Waals surface area contributed by atoms with Crippen molar-refractivity contribution in [1.82, 2.24) is 9.55 Å². The van der Waals surface area contributed by atoms with Gasteiger partial charge in [0.15, 0.2) is 5.16 Å². The number of carbonyl (C=O) groups excluding carboxylic acids is 1. The molecule has 6 nitrogen and oxygen atoms in total. The van der Waals surface area contributed by atoms with Crippen LogP contribution in [0.3, 0.4) is 0 Å². The Morgan fingerprint density at radius 1 is 1.19 bits per heavy atom. The van der Waals surface area contributed by atoms with Crippen LogP contribution in [-0.2, 0) is 29.6 Å². The second-order valence-corrected chi connectivity index (χ2v) is 8.32. The maximum absolute atomic E-state index is 13.8. The fourth-order valence-corrected chi connectivity index (χ4v) is 3.90. The van der Waals surface area contributed by atoms with Gasteiger partial charge in [0, 0.05) is 26.1 Å². The summed E-state index contributed by atoms with van der Waals surface area (Å²) in [5, 5.41) is 2.36. The molecule has 0 saturated carbocycles. The topological polar surface area (TPSA) is 73.2 Å². The second kappa shape index (κ2) is 10.4. The van der Waals surface area contributed by atoms with Crippen LogP contribution in [0.15, 0.2) is 64.5 Å². The van der Waals surface area contributed by atoms with Crippen LogP contribution in [0.1, 0.15) is 23.7 Å². The smallest absolute Gasteiger partial charge is 0.257 e. The van der Waals surface area contributed by atoms with E-state index in [1.54, 1.807) is 33.2 Å². The van der Waals surface area contributed by atoms with Gasteiger partial charge in [-0.15, -0.1) is 0 Å². The summed E-state index contributed by atoms with van der Waals surface area (Å²) in [5.41, 5.74) is 2.02. The molecule has 0 fully saturated rings. The lowest BCUT2D eigenvalue weighted by Crippen LogP contribution is -2.29. The summed E-state index contributed by atoms with van der Waals surface area (Å²) in [6, 6.07) is 15.6. The van der Waals surface area contributed by atoms with Crippen LogP contribution in [-0.4, -0.2) is 27.8 Å². The van der Waals surface area contributed by atoms with Gasteiger partial charge in [-0.3, -0.25) is 14.2 Å². The van der Waals surface area contributed by atoms with E-state index in [-0.39, 0.29) is 23.8 Å². The molecule has 0 saturated heterocycles. The minimum Gasteiger partial charge on any atom is -0.378 e. The molecule has 162 valence electrons. The van der Waals surface area contributed by atoms with E-state index in [2.05, 4.69) is 10.3 Å². The number of hydrogen-bond acceptors (Lipinski definition) is 5. The Bertz CT molecular complexity index is 1120. The molecule has 1 amide bonds. The quantitative estimate of drug-likeness (QED) is 0.426. The number of thioether (sulfide) groups is 1. The Morgan fingerprint density at radius 3 is 2.55 bits per heavy atom. The van der Waals surface area contributed by atoms with Gasteiger partial charge >= 0.3 is 0 Å². The number of nitrogens with one attached hydrogen (secondary N) is 1. The molecule has 31 heavy (non-hydrogen) atoms. The van der Waals surface area contributed by atoms with E-state index >= 15 is 0 Å². The van der Waals surface area contributed by atoms with Gasteiger partial charge in [-0.2, -0.15) is 0 Å². The molecule has 1 aromatic heterocycles. The lowest BCUT2D eigenvalue weighted by Gasteiger charge is -2.17. The lowest BCUT2D eigenvalue weighted by atomic mass is 10.0. The number of nitrogens with zero attached hydrogens (tertiary/aromatic N) is 2. The molecule has 1 heterocycles. The molecule has 1 atom stereocenters. The van der Waals surface area contributed by atoms with Crippen LogP contribution < -0.4 is 10.9 Å². The summed E-state index contributed by atoms with van der Waals surface area (Å²) in [6.45, 7) is 1.86. The van der Waals surface area contributed by atoms with Gasteiger partial charge in [-0.25, -0.2) is 9.37 Å². The van der Waals surface area contributed by atoms with Gasteiger partial charge < -0.3 is 10.1 Å². The summed E-state index contributed by atoms with van der Waals surface area (Å²) >= 11 is 1.13. The molecule has 0 bridgehead atoms. The van der Waals surface area contributed by atoms with Crippen molar-refractivity contribution in [3.05, 3.63) is 87.6 Å². The number of benzene rings is 2. The third-order valence-corrected chi connectivity index (χ3v) is 5.86. The zero-order chi connectivity index (χ0) is 22.4. The van der Waals surface area contributed by atoms with Crippen molar-refractivity contribution in [1.29, 1.82) is 0 Å². The second-order valence-electron chi connectivity index (χ2n) is 7.01. The van der Waals surface area contributed by atoms with Crippen molar-refractivity contribution in [3.63, 3.8) is 0 Å². The lowest BCUT2D eigenvalue weighted by molar-refractivity contribution is -0.115. The van der Waals surface area contributed by atoms with Gasteiger partial charge in [0.2, 0.25) is 5.91 Å². The molecule has 0 radical (unpaired) electrons. The number of hydrogen-bond donors (Lipinski definition) is 1. The fourth-order valence-electron chi connectivity index (χ4n) is 3.02. The molecular weight excluding hydrogens is 417 g/mol. The van der Waals surface area contributed by atoms with Gasteiger partial charge in [-0.05, 0) is 24.6 Å². The van der Waals surface area contributed by atoms with Gasteiger partial charge in [0.05, 0.1) is 23.2 Å². The Kier molecular flexibility index (Phi) is 7.59. The molecule has 3 aromatic rings.